The monoisotopic (exact) mass is 452 g/mol. The Balaban J connectivity index is 0.00000484. The molecule has 0 heterocycles. The lowest BCUT2D eigenvalue weighted by Gasteiger charge is -2.15. The van der Waals surface area contributed by atoms with Crippen molar-refractivity contribution in [1.82, 2.24) is 10.6 Å². The second kappa shape index (κ2) is 12.4. The molecule has 0 radical (unpaired) electrons. The van der Waals surface area contributed by atoms with Gasteiger partial charge >= 0.3 is 0 Å². The van der Waals surface area contributed by atoms with Crippen LogP contribution in [0.4, 0.5) is 5.69 Å². The number of hydrogen-bond acceptors (Lipinski definition) is 4. The van der Waals surface area contributed by atoms with Crippen molar-refractivity contribution < 1.29 is 4.92 Å². The molecule has 0 amide bonds. The largest absolute Gasteiger partial charge is 0.356 e. The number of nitro groups is 1. The van der Waals surface area contributed by atoms with Crippen LogP contribution < -0.4 is 10.6 Å². The van der Waals surface area contributed by atoms with Crippen LogP contribution in [0.2, 0.25) is 0 Å². The Labute approximate surface area is 159 Å². The van der Waals surface area contributed by atoms with Gasteiger partial charge in [0.25, 0.3) is 5.69 Å². The van der Waals surface area contributed by atoms with Gasteiger partial charge in [0.05, 0.1) is 11.5 Å². The van der Waals surface area contributed by atoms with Crippen molar-refractivity contribution >= 4 is 47.4 Å². The average molecular weight is 452 g/mol. The molecule has 0 saturated carbocycles. The number of hydrogen-bond donors (Lipinski definition) is 2. The zero-order chi connectivity index (χ0) is 16.4. The third-order valence-electron chi connectivity index (χ3n) is 2.81. The van der Waals surface area contributed by atoms with E-state index >= 15 is 0 Å². The summed E-state index contributed by atoms with van der Waals surface area (Å²) in [5.41, 5.74) is 1.04. The summed E-state index contributed by atoms with van der Waals surface area (Å²) in [4.78, 5) is 14.8. The molecule has 0 spiro atoms. The van der Waals surface area contributed by atoms with E-state index in [1.54, 1.807) is 12.1 Å². The zero-order valence-corrected chi connectivity index (χ0v) is 16.9. The Morgan fingerprint density at radius 2 is 2.00 bits per heavy atom. The first kappa shape index (κ1) is 22.0. The molecule has 2 N–H and O–H groups in total. The number of halogens is 1. The van der Waals surface area contributed by atoms with Gasteiger partial charge < -0.3 is 10.6 Å². The minimum Gasteiger partial charge on any atom is -0.356 e. The number of thioether (sulfide) groups is 1. The topological polar surface area (TPSA) is 79.6 Å². The molecule has 0 aromatic heterocycles. The lowest BCUT2D eigenvalue weighted by atomic mass is 10.2. The summed E-state index contributed by atoms with van der Waals surface area (Å²) >= 11 is 1.83. The summed E-state index contributed by atoms with van der Waals surface area (Å²) in [5, 5.41) is 17.2. The van der Waals surface area contributed by atoms with Gasteiger partial charge in [-0.05, 0) is 37.8 Å². The van der Waals surface area contributed by atoms with Gasteiger partial charge in [0, 0.05) is 24.7 Å². The van der Waals surface area contributed by atoms with E-state index in [1.165, 1.54) is 12.1 Å². The van der Waals surface area contributed by atoms with Gasteiger partial charge in [-0.15, -0.1) is 24.0 Å². The van der Waals surface area contributed by atoms with Crippen LogP contribution in [0.15, 0.2) is 29.3 Å². The predicted octanol–water partition coefficient (Wildman–Crippen LogP) is 3.41. The first-order valence-corrected chi connectivity index (χ1v) is 8.69. The van der Waals surface area contributed by atoms with Gasteiger partial charge in [-0.2, -0.15) is 11.8 Å². The van der Waals surface area contributed by atoms with Crippen LogP contribution >= 0.6 is 35.7 Å². The summed E-state index contributed by atoms with van der Waals surface area (Å²) in [5.74, 6) is 1.89. The van der Waals surface area contributed by atoms with Crippen molar-refractivity contribution in [3.05, 3.63) is 39.9 Å². The second-order valence-electron chi connectivity index (χ2n) is 5.16. The molecular formula is C15H25IN4O2S. The fraction of sp³-hybridized carbons (Fsp3) is 0.533. The highest BCUT2D eigenvalue weighted by Crippen LogP contribution is 2.12. The van der Waals surface area contributed by atoms with Gasteiger partial charge in [0.1, 0.15) is 0 Å². The molecule has 1 rings (SSSR count). The molecule has 23 heavy (non-hydrogen) atoms. The standard InChI is InChI=1S/C15H24N4O2S.HI/c1-12(2)18-15(16-9-4-10-22-3)17-11-13-5-7-14(8-6-13)19(20)21;/h5-8,12H,4,9-11H2,1-3H3,(H2,16,17,18);1H. The molecule has 0 atom stereocenters. The molecule has 8 heteroatoms. The van der Waals surface area contributed by atoms with Crippen LogP contribution in [0.25, 0.3) is 0 Å². The van der Waals surface area contributed by atoms with Crippen molar-refractivity contribution in [2.45, 2.75) is 32.9 Å². The summed E-state index contributed by atoms with van der Waals surface area (Å²) in [7, 11) is 0. The first-order chi connectivity index (χ1) is 10.5. The van der Waals surface area contributed by atoms with E-state index in [9.17, 15) is 10.1 Å². The highest BCUT2D eigenvalue weighted by molar-refractivity contribution is 14.0. The Morgan fingerprint density at radius 1 is 1.35 bits per heavy atom. The van der Waals surface area contributed by atoms with Crippen LogP contribution in [0.5, 0.6) is 0 Å². The number of benzene rings is 1. The summed E-state index contributed by atoms with van der Waals surface area (Å²) in [6.07, 6.45) is 3.17. The molecule has 0 aliphatic carbocycles. The minimum atomic E-state index is -0.397. The lowest BCUT2D eigenvalue weighted by molar-refractivity contribution is -0.384. The van der Waals surface area contributed by atoms with Crippen molar-refractivity contribution in [3.8, 4) is 0 Å². The molecule has 0 bridgehead atoms. The molecule has 1 aromatic carbocycles. The number of guanidine groups is 1. The van der Waals surface area contributed by atoms with E-state index < -0.39 is 4.92 Å². The van der Waals surface area contributed by atoms with E-state index in [0.717, 1.165) is 30.2 Å². The molecular weight excluding hydrogens is 427 g/mol. The number of rotatable bonds is 8. The highest BCUT2D eigenvalue weighted by Gasteiger charge is 2.04. The highest BCUT2D eigenvalue weighted by atomic mass is 127. The average Bonchev–Trinajstić information content (AvgIpc) is 2.48. The maximum atomic E-state index is 10.6. The molecule has 0 unspecified atom stereocenters. The van der Waals surface area contributed by atoms with E-state index in [-0.39, 0.29) is 29.7 Å². The summed E-state index contributed by atoms with van der Waals surface area (Å²) in [6, 6.07) is 6.78. The van der Waals surface area contributed by atoms with Crippen molar-refractivity contribution in [2.24, 2.45) is 4.99 Å². The number of nitrogens with one attached hydrogen (secondary N) is 2. The Kier molecular flexibility index (Phi) is 11.8. The van der Waals surface area contributed by atoms with Crippen molar-refractivity contribution in [1.29, 1.82) is 0 Å². The smallest absolute Gasteiger partial charge is 0.269 e. The number of aliphatic imine (C=N–C) groups is 1. The normalized spacial score (nSPS) is 11.0. The van der Waals surface area contributed by atoms with E-state index in [0.29, 0.717) is 12.6 Å². The lowest BCUT2D eigenvalue weighted by Crippen LogP contribution is -2.41. The Morgan fingerprint density at radius 3 is 2.52 bits per heavy atom. The van der Waals surface area contributed by atoms with E-state index in [4.69, 9.17) is 0 Å². The summed E-state index contributed by atoms with van der Waals surface area (Å²) < 4.78 is 0. The third-order valence-corrected chi connectivity index (χ3v) is 3.51. The van der Waals surface area contributed by atoms with Crippen LogP contribution in [0, 0.1) is 10.1 Å². The molecule has 0 aliphatic rings. The van der Waals surface area contributed by atoms with Gasteiger partial charge in [0.15, 0.2) is 5.96 Å². The minimum absolute atomic E-state index is 0. The maximum Gasteiger partial charge on any atom is 0.269 e. The molecule has 1 aromatic rings. The van der Waals surface area contributed by atoms with Gasteiger partial charge in [-0.25, -0.2) is 4.99 Å². The van der Waals surface area contributed by atoms with Crippen LogP contribution in [0.1, 0.15) is 25.8 Å². The molecule has 0 fully saturated rings. The van der Waals surface area contributed by atoms with Crippen LogP contribution in [0.3, 0.4) is 0 Å². The van der Waals surface area contributed by atoms with Crippen LogP contribution in [-0.2, 0) is 6.54 Å². The fourth-order valence-electron chi connectivity index (χ4n) is 1.74. The summed E-state index contributed by atoms with van der Waals surface area (Å²) in [6.45, 7) is 5.48. The first-order valence-electron chi connectivity index (χ1n) is 7.30. The predicted molar refractivity (Wildman–Crippen MR) is 109 cm³/mol. The van der Waals surface area contributed by atoms with Gasteiger partial charge in [0.2, 0.25) is 0 Å². The molecule has 0 aliphatic heterocycles. The van der Waals surface area contributed by atoms with E-state index in [1.807, 2.05) is 11.8 Å². The molecule has 0 saturated heterocycles. The zero-order valence-electron chi connectivity index (χ0n) is 13.7. The number of nitrogens with zero attached hydrogens (tertiary/aromatic N) is 2. The SMILES string of the molecule is CSCCCNC(=NCc1ccc([N+](=O)[O-])cc1)NC(C)C.I. The van der Waals surface area contributed by atoms with Gasteiger partial charge in [-0.3, -0.25) is 10.1 Å². The van der Waals surface area contributed by atoms with Crippen molar-refractivity contribution in [3.63, 3.8) is 0 Å². The third kappa shape index (κ3) is 9.65. The fourth-order valence-corrected chi connectivity index (χ4v) is 2.18. The molecule has 6 nitrogen and oxygen atoms in total. The number of nitro benzene ring substituents is 1. The van der Waals surface area contributed by atoms with Crippen molar-refractivity contribution in [2.75, 3.05) is 18.6 Å². The Bertz CT molecular complexity index is 495. The maximum absolute atomic E-state index is 10.6. The van der Waals surface area contributed by atoms with E-state index in [2.05, 4.69) is 35.7 Å². The Hall–Kier alpha value is -1.03. The quantitative estimate of drug-likeness (QED) is 0.158. The van der Waals surface area contributed by atoms with Gasteiger partial charge in [-0.1, -0.05) is 12.1 Å². The molecule has 130 valence electrons. The second-order valence-corrected chi connectivity index (χ2v) is 6.15. The number of non-ortho nitro benzene ring substituents is 1. The van der Waals surface area contributed by atoms with Crippen LogP contribution in [-0.4, -0.2) is 35.5 Å².